The zero-order chi connectivity index (χ0) is 40.3. The quantitative estimate of drug-likeness (QED) is 0.151. The van der Waals surface area contributed by atoms with Crippen LogP contribution in [0.4, 0.5) is 0 Å². The predicted molar refractivity (Wildman–Crippen MR) is 239 cm³/mol. The molecule has 0 radical (unpaired) electrons. The second kappa shape index (κ2) is 14.0. The first kappa shape index (κ1) is 34.4. The highest BCUT2D eigenvalue weighted by atomic mass is 16.5. The summed E-state index contributed by atoms with van der Waals surface area (Å²) in [5.74, 6) is 4.59. The summed E-state index contributed by atoms with van der Waals surface area (Å²) in [5.41, 5.74) is 7.48. The monoisotopic (exact) mass is 788 g/mol. The van der Waals surface area contributed by atoms with Crippen molar-refractivity contribution in [2.24, 2.45) is 0 Å². The van der Waals surface area contributed by atoms with Gasteiger partial charge in [-0.2, -0.15) is 0 Å². The van der Waals surface area contributed by atoms with Crippen molar-refractivity contribution >= 4 is 54.6 Å². The number of imidazole rings is 1. The number of aromatic nitrogens is 8. The Morgan fingerprint density at radius 1 is 0.377 bits per heavy atom. The summed E-state index contributed by atoms with van der Waals surface area (Å²) in [6, 6.07) is 54.7. The number of hydrogen-bond donors (Lipinski definition) is 0. The maximum Gasteiger partial charge on any atom is 0.159 e. The van der Waals surface area contributed by atoms with Gasteiger partial charge in [-0.1, -0.05) is 60.7 Å². The minimum absolute atomic E-state index is 0.514. The van der Waals surface area contributed by atoms with Gasteiger partial charge in [-0.25, -0.2) is 24.9 Å². The van der Waals surface area contributed by atoms with E-state index in [1.165, 1.54) is 0 Å². The van der Waals surface area contributed by atoms with Crippen LogP contribution in [0.25, 0.3) is 83.4 Å². The fourth-order valence-electron chi connectivity index (χ4n) is 8.34. The first-order valence-electron chi connectivity index (χ1n) is 19.9. The molecule has 6 aromatic heterocycles. The Balaban J connectivity index is 0.967. The van der Waals surface area contributed by atoms with Crippen LogP contribution >= 0.6 is 0 Å². The number of para-hydroxylation sites is 4. The van der Waals surface area contributed by atoms with Crippen LogP contribution in [-0.2, 0) is 0 Å². The Kier molecular flexibility index (Phi) is 7.92. The number of ether oxygens (including phenoxy) is 2. The fourth-order valence-corrected chi connectivity index (χ4v) is 8.34. The summed E-state index contributed by atoms with van der Waals surface area (Å²) in [7, 11) is 0. The Morgan fingerprint density at radius 2 is 0.885 bits per heavy atom. The molecule has 10 nitrogen and oxygen atoms in total. The van der Waals surface area contributed by atoms with Crippen molar-refractivity contribution in [3.63, 3.8) is 0 Å². The van der Waals surface area contributed by atoms with E-state index in [0.717, 1.165) is 77.5 Å². The maximum atomic E-state index is 6.74. The molecule has 0 spiro atoms. The van der Waals surface area contributed by atoms with Gasteiger partial charge < -0.3 is 9.47 Å². The Hall–Kier alpha value is -8.63. The van der Waals surface area contributed by atoms with Crippen LogP contribution in [0.15, 0.2) is 195 Å². The highest BCUT2D eigenvalue weighted by Crippen LogP contribution is 2.39. The van der Waals surface area contributed by atoms with Gasteiger partial charge in [0.1, 0.15) is 41.0 Å². The molecule has 0 bridgehead atoms. The molecule has 12 rings (SSSR count). The van der Waals surface area contributed by atoms with E-state index in [2.05, 4.69) is 74.8 Å². The van der Waals surface area contributed by atoms with Crippen LogP contribution in [-0.4, -0.2) is 38.6 Å². The average molecular weight is 789 g/mol. The van der Waals surface area contributed by atoms with Gasteiger partial charge >= 0.3 is 0 Å². The van der Waals surface area contributed by atoms with E-state index in [-0.39, 0.29) is 0 Å². The molecule has 0 amide bonds. The van der Waals surface area contributed by atoms with Crippen LogP contribution < -0.4 is 9.47 Å². The van der Waals surface area contributed by atoms with Crippen molar-refractivity contribution in [3.8, 4) is 51.7 Å². The molecule has 0 fully saturated rings. The molecule has 0 saturated carbocycles. The minimum Gasteiger partial charge on any atom is -0.457 e. The van der Waals surface area contributed by atoms with E-state index < -0.39 is 0 Å². The van der Waals surface area contributed by atoms with Gasteiger partial charge in [0.25, 0.3) is 0 Å². The second-order valence-electron chi connectivity index (χ2n) is 14.7. The van der Waals surface area contributed by atoms with Crippen LogP contribution in [0.2, 0.25) is 0 Å². The molecule has 0 aliphatic carbocycles. The van der Waals surface area contributed by atoms with Crippen molar-refractivity contribution in [3.05, 3.63) is 195 Å². The molecule has 0 N–H and O–H groups in total. The molecule has 0 saturated heterocycles. The molecule has 6 heterocycles. The largest absolute Gasteiger partial charge is 0.457 e. The lowest BCUT2D eigenvalue weighted by Crippen LogP contribution is -1.98. The number of hydrogen-bond acceptors (Lipinski definition) is 7. The van der Waals surface area contributed by atoms with Gasteiger partial charge in [-0.05, 0) is 84.9 Å². The van der Waals surface area contributed by atoms with Crippen LogP contribution in [0.1, 0.15) is 0 Å². The standard InChI is InChI=1S/C51H32N8O2/c1-4-14-44-39(11-1)41-21-19-35(28-47(41)58(44)49-17-7-9-23-52-49)60-37-25-33(51-54-30-34(31-55-51)57-32-56-43-13-3-6-16-46(43)57)26-38(27-37)61-36-20-22-42-40-12-2-5-15-45(40)59(48(42)29-36)50-18-8-10-24-53-50/h1-32H. The first-order chi connectivity index (χ1) is 30.2. The van der Waals surface area contributed by atoms with Gasteiger partial charge in [-0.15, -0.1) is 0 Å². The zero-order valence-electron chi connectivity index (χ0n) is 32.4. The lowest BCUT2D eigenvalue weighted by atomic mass is 10.1. The zero-order valence-corrected chi connectivity index (χ0v) is 32.4. The van der Waals surface area contributed by atoms with Crippen molar-refractivity contribution in [1.82, 2.24) is 38.6 Å². The van der Waals surface area contributed by atoms with E-state index in [0.29, 0.717) is 28.8 Å². The molecule has 0 atom stereocenters. The topological polar surface area (TPSA) is 97.7 Å². The summed E-state index contributed by atoms with van der Waals surface area (Å²) >= 11 is 0. The number of pyridine rings is 2. The molecular weight excluding hydrogens is 757 g/mol. The third kappa shape index (κ3) is 5.92. The van der Waals surface area contributed by atoms with Gasteiger partial charge in [0.2, 0.25) is 0 Å². The molecule has 61 heavy (non-hydrogen) atoms. The van der Waals surface area contributed by atoms with Crippen LogP contribution in [0.3, 0.4) is 0 Å². The number of rotatable bonds is 8. The minimum atomic E-state index is 0.514. The Morgan fingerprint density at radius 3 is 1.44 bits per heavy atom. The van der Waals surface area contributed by atoms with Gasteiger partial charge in [0.15, 0.2) is 5.82 Å². The molecule has 0 aliphatic rings. The lowest BCUT2D eigenvalue weighted by Gasteiger charge is -2.13. The molecule has 10 heteroatoms. The molecule has 12 aromatic rings. The second-order valence-corrected chi connectivity index (χ2v) is 14.7. The molecule has 0 aliphatic heterocycles. The molecule has 0 unspecified atom stereocenters. The highest BCUT2D eigenvalue weighted by Gasteiger charge is 2.17. The summed E-state index contributed by atoms with van der Waals surface area (Å²) in [6.45, 7) is 0. The number of nitrogens with zero attached hydrogens (tertiary/aromatic N) is 8. The van der Waals surface area contributed by atoms with E-state index in [9.17, 15) is 0 Å². The smallest absolute Gasteiger partial charge is 0.159 e. The summed E-state index contributed by atoms with van der Waals surface area (Å²) in [4.78, 5) is 23.6. The summed E-state index contributed by atoms with van der Waals surface area (Å²) in [5, 5.41) is 4.47. The van der Waals surface area contributed by atoms with Crippen LogP contribution in [0.5, 0.6) is 23.0 Å². The summed E-state index contributed by atoms with van der Waals surface area (Å²) in [6.07, 6.45) is 9.02. The van der Waals surface area contributed by atoms with Gasteiger partial charge in [-0.3, -0.25) is 13.7 Å². The van der Waals surface area contributed by atoms with Crippen molar-refractivity contribution < 1.29 is 9.47 Å². The fraction of sp³-hybridized carbons (Fsp3) is 0. The molecular formula is C51H32N8O2. The third-order valence-corrected chi connectivity index (χ3v) is 11.0. The Bertz CT molecular complexity index is 3420. The van der Waals surface area contributed by atoms with E-state index in [1.807, 2.05) is 120 Å². The van der Waals surface area contributed by atoms with Crippen molar-refractivity contribution in [2.75, 3.05) is 0 Å². The maximum absolute atomic E-state index is 6.74. The number of benzene rings is 6. The van der Waals surface area contributed by atoms with Gasteiger partial charge in [0.05, 0.1) is 51.2 Å². The van der Waals surface area contributed by atoms with E-state index >= 15 is 0 Å². The number of fused-ring (bicyclic) bond motifs is 7. The normalized spacial score (nSPS) is 11.6. The molecule has 288 valence electrons. The first-order valence-corrected chi connectivity index (χ1v) is 19.9. The third-order valence-electron chi connectivity index (χ3n) is 11.0. The highest BCUT2D eigenvalue weighted by molar-refractivity contribution is 6.10. The van der Waals surface area contributed by atoms with E-state index in [4.69, 9.17) is 29.4 Å². The lowest BCUT2D eigenvalue weighted by molar-refractivity contribution is 0.461. The van der Waals surface area contributed by atoms with Crippen molar-refractivity contribution in [2.45, 2.75) is 0 Å². The average Bonchev–Trinajstić information content (AvgIpc) is 3.99. The Labute approximate surface area is 348 Å². The van der Waals surface area contributed by atoms with Crippen molar-refractivity contribution in [1.29, 1.82) is 0 Å². The molecule has 6 aromatic carbocycles. The van der Waals surface area contributed by atoms with Gasteiger partial charge in [0, 0.05) is 57.7 Å². The SMILES string of the molecule is c1ccc(-n2c3ccccc3c3ccc(Oc4cc(Oc5ccc6c7ccccc7n(-c7ccccn7)c6c5)cc(-c5ncc(-n6cnc7ccccc76)cn5)c4)cc32)nc1. The summed E-state index contributed by atoms with van der Waals surface area (Å²) < 4.78 is 19.8. The van der Waals surface area contributed by atoms with Crippen LogP contribution in [0, 0.1) is 0 Å². The van der Waals surface area contributed by atoms with E-state index in [1.54, 1.807) is 18.7 Å². The predicted octanol–water partition coefficient (Wildman–Crippen LogP) is 12.1.